The molecule has 0 aliphatic rings. The van der Waals surface area contributed by atoms with Crippen LogP contribution in [0, 0.1) is 27.7 Å². The Bertz CT molecular complexity index is 1830. The summed E-state index contributed by atoms with van der Waals surface area (Å²) in [6, 6.07) is 37.2. The van der Waals surface area contributed by atoms with Crippen LogP contribution in [-0.4, -0.2) is 26.1 Å². The van der Waals surface area contributed by atoms with E-state index in [9.17, 15) is 13.0 Å². The van der Waals surface area contributed by atoms with Crippen LogP contribution in [0.3, 0.4) is 0 Å². The molecule has 0 aromatic heterocycles. The highest BCUT2D eigenvalue weighted by Crippen LogP contribution is 2.38. The third-order valence-electron chi connectivity index (χ3n) is 9.06. The molecule has 0 aliphatic heterocycles. The van der Waals surface area contributed by atoms with Gasteiger partial charge in [-0.2, -0.15) is 0 Å². The van der Waals surface area contributed by atoms with E-state index in [-0.39, 0.29) is 4.90 Å². The van der Waals surface area contributed by atoms with Crippen LogP contribution in [0.2, 0.25) is 0 Å². The molecule has 244 valence electrons. The summed E-state index contributed by atoms with van der Waals surface area (Å²) in [5, 5.41) is 0. The fraction of sp³-hybridized carbons (Fsp3) is 0.268. The van der Waals surface area contributed by atoms with Gasteiger partial charge in [0.1, 0.15) is 10.1 Å². The Morgan fingerprint density at radius 2 is 1.02 bits per heavy atom. The predicted octanol–water partition coefficient (Wildman–Crippen LogP) is 9.06. The second kappa shape index (κ2) is 14.6. The van der Waals surface area contributed by atoms with E-state index in [1.54, 1.807) is 0 Å². The Balaban J connectivity index is 1.55. The minimum absolute atomic E-state index is 0.164. The van der Waals surface area contributed by atoms with Gasteiger partial charge in [-0.25, -0.2) is 8.42 Å². The first-order chi connectivity index (χ1) is 22.5. The van der Waals surface area contributed by atoms with E-state index in [2.05, 4.69) is 135 Å². The fourth-order valence-corrected chi connectivity index (χ4v) is 7.18. The van der Waals surface area contributed by atoms with E-state index in [0.717, 1.165) is 59.8 Å². The van der Waals surface area contributed by atoms with Crippen molar-refractivity contribution in [1.82, 2.24) is 0 Å². The maximum atomic E-state index is 12.7. The van der Waals surface area contributed by atoms with Crippen molar-refractivity contribution < 1.29 is 13.0 Å². The van der Waals surface area contributed by atoms with Crippen molar-refractivity contribution in [1.29, 1.82) is 0 Å². The quantitative estimate of drug-likeness (QED) is 0.100. The van der Waals surface area contributed by atoms with Crippen LogP contribution < -0.4 is 9.80 Å². The van der Waals surface area contributed by atoms with Gasteiger partial charge in [-0.3, -0.25) is 0 Å². The Kier molecular flexibility index (Phi) is 10.5. The minimum atomic E-state index is -4.73. The first kappa shape index (κ1) is 34.0. The molecule has 0 saturated heterocycles. The van der Waals surface area contributed by atoms with Crippen molar-refractivity contribution in [3.8, 4) is 0 Å². The van der Waals surface area contributed by atoms with E-state index < -0.39 is 16.0 Å². The number of hydrogen-bond donors (Lipinski definition) is 0. The van der Waals surface area contributed by atoms with Crippen molar-refractivity contribution >= 4 is 21.5 Å². The molecule has 47 heavy (non-hydrogen) atoms. The van der Waals surface area contributed by atoms with Crippen LogP contribution in [0.15, 0.2) is 114 Å². The highest BCUT2D eigenvalue weighted by molar-refractivity contribution is 7.85. The smallest absolute Gasteiger partial charge is 0.124 e. The Morgan fingerprint density at radius 1 is 0.596 bits per heavy atom. The molecule has 5 rings (SSSR count). The molecule has 5 aromatic carbocycles. The zero-order valence-electron chi connectivity index (χ0n) is 28.3. The van der Waals surface area contributed by atoms with Gasteiger partial charge in [0, 0.05) is 43.5 Å². The lowest BCUT2D eigenvalue weighted by Crippen LogP contribution is -2.22. The van der Waals surface area contributed by atoms with Gasteiger partial charge in [-0.1, -0.05) is 90.0 Å². The lowest BCUT2D eigenvalue weighted by Gasteiger charge is -2.27. The van der Waals surface area contributed by atoms with Crippen molar-refractivity contribution in [2.45, 2.75) is 65.4 Å². The van der Waals surface area contributed by atoms with Crippen LogP contribution in [-0.2, 0) is 23.2 Å². The Labute approximate surface area is 281 Å². The highest BCUT2D eigenvalue weighted by atomic mass is 32.2. The van der Waals surface area contributed by atoms with Crippen LogP contribution >= 0.6 is 0 Å². The molecular weight excluding hydrogens is 601 g/mol. The molecule has 0 spiro atoms. The monoisotopic (exact) mass is 645 g/mol. The highest BCUT2D eigenvalue weighted by Gasteiger charge is 2.24. The average molecular weight is 646 g/mol. The van der Waals surface area contributed by atoms with Gasteiger partial charge in [0.15, 0.2) is 0 Å². The van der Waals surface area contributed by atoms with Gasteiger partial charge in [-0.05, 0) is 111 Å². The third-order valence-corrected chi connectivity index (χ3v) is 9.96. The van der Waals surface area contributed by atoms with Crippen LogP contribution in [0.4, 0.5) is 11.4 Å². The summed E-state index contributed by atoms with van der Waals surface area (Å²) < 4.78 is 38.0. The molecule has 0 unspecified atom stereocenters. The molecule has 0 saturated carbocycles. The summed E-state index contributed by atoms with van der Waals surface area (Å²) in [7, 11) is -4.73. The summed E-state index contributed by atoms with van der Waals surface area (Å²) in [5.74, 6) is -0.449. The molecule has 5 aromatic rings. The number of rotatable bonds is 12. The SMILES string of the molecule is CCN(Cc1cccc(C)c1)c1ccc(C(c2ccc(N(CC)Cc3cccc(C)c3)cc2)c2cc(C)c(C)cc2S(=O)(=O)[O-])cc1. The summed E-state index contributed by atoms with van der Waals surface area (Å²) in [4.78, 5) is 4.47. The summed E-state index contributed by atoms with van der Waals surface area (Å²) in [5.41, 5.74) is 11.2. The first-order valence-corrected chi connectivity index (χ1v) is 17.8. The van der Waals surface area contributed by atoms with Crippen LogP contribution in [0.25, 0.3) is 0 Å². The largest absolute Gasteiger partial charge is 0.744 e. The minimum Gasteiger partial charge on any atom is -0.744 e. The molecule has 0 N–H and O–H groups in total. The van der Waals surface area contributed by atoms with Crippen molar-refractivity contribution in [3.63, 3.8) is 0 Å². The van der Waals surface area contributed by atoms with Gasteiger partial charge in [0.25, 0.3) is 0 Å². The molecule has 0 fully saturated rings. The predicted molar refractivity (Wildman–Crippen MR) is 194 cm³/mol. The fourth-order valence-electron chi connectivity index (χ4n) is 6.39. The second-order valence-electron chi connectivity index (χ2n) is 12.6. The second-order valence-corrected chi connectivity index (χ2v) is 13.9. The maximum absolute atomic E-state index is 12.7. The van der Waals surface area contributed by atoms with Gasteiger partial charge >= 0.3 is 0 Å². The Morgan fingerprint density at radius 3 is 1.40 bits per heavy atom. The molecule has 0 amide bonds. The normalized spacial score (nSPS) is 11.6. The maximum Gasteiger partial charge on any atom is 0.124 e. The van der Waals surface area contributed by atoms with Crippen LogP contribution in [0.1, 0.15) is 69.8 Å². The van der Waals surface area contributed by atoms with Gasteiger partial charge in [-0.15, -0.1) is 0 Å². The molecular formula is C41H45N2O3S-. The lowest BCUT2D eigenvalue weighted by molar-refractivity contribution is 0.461. The number of anilines is 2. The zero-order valence-corrected chi connectivity index (χ0v) is 29.1. The zero-order chi connectivity index (χ0) is 33.7. The number of benzene rings is 5. The van der Waals surface area contributed by atoms with E-state index in [1.807, 2.05) is 19.9 Å². The van der Waals surface area contributed by atoms with Crippen molar-refractivity contribution in [3.05, 3.63) is 159 Å². The van der Waals surface area contributed by atoms with Gasteiger partial charge < -0.3 is 14.4 Å². The molecule has 0 bridgehead atoms. The average Bonchev–Trinajstić information content (AvgIpc) is 3.04. The molecule has 0 atom stereocenters. The van der Waals surface area contributed by atoms with E-state index in [0.29, 0.717) is 5.56 Å². The Hall–Kier alpha value is -4.39. The van der Waals surface area contributed by atoms with Crippen LogP contribution in [0.5, 0.6) is 0 Å². The first-order valence-electron chi connectivity index (χ1n) is 16.3. The summed E-state index contributed by atoms with van der Waals surface area (Å²) in [6.45, 7) is 15.5. The number of hydrogen-bond acceptors (Lipinski definition) is 5. The van der Waals surface area contributed by atoms with E-state index in [4.69, 9.17) is 0 Å². The molecule has 0 heterocycles. The number of nitrogens with zero attached hydrogens (tertiary/aromatic N) is 2. The molecule has 6 heteroatoms. The van der Waals surface area contributed by atoms with Gasteiger partial charge in [0.2, 0.25) is 0 Å². The van der Waals surface area contributed by atoms with Gasteiger partial charge in [0.05, 0.1) is 4.90 Å². The molecule has 0 radical (unpaired) electrons. The lowest BCUT2D eigenvalue weighted by atomic mass is 9.83. The molecule has 5 nitrogen and oxygen atoms in total. The summed E-state index contributed by atoms with van der Waals surface area (Å²) >= 11 is 0. The standard InChI is InChI=1S/C41H46N2O3S/c1-7-42(27-33-13-9-11-29(3)23-33)37-19-15-35(16-20-37)41(39-25-31(5)32(6)26-40(39)47(44,45)46)36-17-21-38(22-18-36)43(8-2)28-34-14-10-12-30(4)24-34/h9-26,41H,7-8,27-28H2,1-6H3,(H,44,45,46)/p-1. The van der Waals surface area contributed by atoms with Crippen molar-refractivity contribution in [2.24, 2.45) is 0 Å². The summed E-state index contributed by atoms with van der Waals surface area (Å²) in [6.07, 6.45) is 0. The molecule has 0 aliphatic carbocycles. The number of aryl methyl sites for hydroxylation is 4. The van der Waals surface area contributed by atoms with E-state index >= 15 is 0 Å². The topological polar surface area (TPSA) is 63.7 Å². The van der Waals surface area contributed by atoms with E-state index in [1.165, 1.54) is 28.3 Å². The van der Waals surface area contributed by atoms with Crippen molar-refractivity contribution in [2.75, 3.05) is 22.9 Å². The third kappa shape index (κ3) is 8.13.